The third-order valence-electron chi connectivity index (χ3n) is 4.37. The van der Waals surface area contributed by atoms with E-state index in [4.69, 9.17) is 14.2 Å². The number of rotatable bonds is 8. The van der Waals surface area contributed by atoms with Crippen molar-refractivity contribution in [3.63, 3.8) is 0 Å². The highest BCUT2D eigenvalue weighted by Gasteiger charge is 2.13. The van der Waals surface area contributed by atoms with Crippen molar-refractivity contribution in [1.82, 2.24) is 15.6 Å². The summed E-state index contributed by atoms with van der Waals surface area (Å²) in [6.07, 6.45) is 1.76. The Bertz CT molecular complexity index is 938. The predicted octanol–water partition coefficient (Wildman–Crippen LogP) is 3.76. The van der Waals surface area contributed by atoms with E-state index in [1.807, 2.05) is 48.5 Å². The number of ether oxygens (including phenoxy) is 3. The van der Waals surface area contributed by atoms with Crippen LogP contribution < -0.4 is 24.8 Å². The third-order valence-corrected chi connectivity index (χ3v) is 4.37. The van der Waals surface area contributed by atoms with E-state index in [1.165, 1.54) is 5.56 Å². The van der Waals surface area contributed by atoms with Crippen molar-refractivity contribution in [1.29, 1.82) is 0 Å². The molecule has 7 heteroatoms. The Balaban J connectivity index is 1.57. The van der Waals surface area contributed by atoms with Gasteiger partial charge in [0.15, 0.2) is 17.5 Å². The Morgan fingerprint density at radius 3 is 2.07 bits per heavy atom. The molecule has 1 heterocycles. The first-order valence-electron chi connectivity index (χ1n) is 9.55. The van der Waals surface area contributed by atoms with E-state index in [-0.39, 0.29) is 0 Å². The number of hydrogen-bond acceptors (Lipinski definition) is 5. The van der Waals surface area contributed by atoms with Gasteiger partial charge in [0.25, 0.3) is 0 Å². The largest absolute Gasteiger partial charge is 0.493 e. The Morgan fingerprint density at radius 2 is 1.50 bits per heavy atom. The van der Waals surface area contributed by atoms with Crippen LogP contribution in [-0.2, 0) is 13.1 Å². The molecular weight excluding hydrogens is 380 g/mol. The molecule has 0 fully saturated rings. The molecule has 3 rings (SSSR count). The quantitative estimate of drug-likeness (QED) is 0.438. The van der Waals surface area contributed by atoms with Crippen molar-refractivity contribution in [2.45, 2.75) is 13.1 Å². The van der Waals surface area contributed by atoms with Crippen LogP contribution >= 0.6 is 0 Å². The van der Waals surface area contributed by atoms with Gasteiger partial charge in [-0.1, -0.05) is 42.5 Å². The summed E-state index contributed by atoms with van der Waals surface area (Å²) in [5, 5.41) is 6.57. The van der Waals surface area contributed by atoms with Gasteiger partial charge in [0.2, 0.25) is 11.6 Å². The predicted molar refractivity (Wildman–Crippen MR) is 117 cm³/mol. The maximum atomic E-state index is 5.89. The molecule has 0 aliphatic rings. The van der Waals surface area contributed by atoms with Gasteiger partial charge in [-0.05, 0) is 23.3 Å². The van der Waals surface area contributed by atoms with Crippen LogP contribution in [0.4, 0.5) is 0 Å². The summed E-state index contributed by atoms with van der Waals surface area (Å²) in [7, 11) is 4.92. The molecule has 3 aromatic rings. The highest BCUT2D eigenvalue weighted by atomic mass is 16.5. The summed E-state index contributed by atoms with van der Waals surface area (Å²) in [6, 6.07) is 19.4. The van der Waals surface area contributed by atoms with E-state index in [0.29, 0.717) is 36.2 Å². The van der Waals surface area contributed by atoms with Gasteiger partial charge in [0.1, 0.15) is 0 Å². The minimum Gasteiger partial charge on any atom is -0.493 e. The molecule has 7 nitrogen and oxygen atoms in total. The number of benzene rings is 2. The molecule has 0 bridgehead atoms. The number of aromatic nitrogens is 1. The molecule has 0 atom stereocenters. The van der Waals surface area contributed by atoms with E-state index in [0.717, 1.165) is 11.5 Å². The molecule has 1 aromatic heterocycles. The van der Waals surface area contributed by atoms with E-state index in [9.17, 15) is 0 Å². The third kappa shape index (κ3) is 5.64. The molecule has 0 saturated carbocycles. The number of aliphatic imine (C=N–C) groups is 1. The van der Waals surface area contributed by atoms with E-state index < -0.39 is 0 Å². The molecule has 0 aliphatic carbocycles. The van der Waals surface area contributed by atoms with Gasteiger partial charge in [-0.3, -0.25) is 4.99 Å². The van der Waals surface area contributed by atoms with Gasteiger partial charge < -0.3 is 24.8 Å². The van der Waals surface area contributed by atoms with Crippen LogP contribution in [0.1, 0.15) is 11.1 Å². The molecule has 0 saturated heterocycles. The summed E-state index contributed by atoms with van der Waals surface area (Å²) < 4.78 is 16.6. The number of guanidine groups is 1. The smallest absolute Gasteiger partial charge is 0.219 e. The second kappa shape index (κ2) is 10.7. The Morgan fingerprint density at radius 1 is 0.833 bits per heavy atom. The van der Waals surface area contributed by atoms with Crippen LogP contribution in [0, 0.1) is 0 Å². The monoisotopic (exact) mass is 406 g/mol. The highest BCUT2D eigenvalue weighted by molar-refractivity contribution is 5.79. The van der Waals surface area contributed by atoms with Gasteiger partial charge in [-0.15, -0.1) is 0 Å². The lowest BCUT2D eigenvalue weighted by Gasteiger charge is -2.14. The second-order valence-electron chi connectivity index (χ2n) is 6.36. The Hall–Kier alpha value is -3.74. The van der Waals surface area contributed by atoms with Crippen molar-refractivity contribution < 1.29 is 14.2 Å². The minimum absolute atomic E-state index is 0.452. The first kappa shape index (κ1) is 21.0. The Labute approximate surface area is 176 Å². The molecule has 30 heavy (non-hydrogen) atoms. The van der Waals surface area contributed by atoms with E-state index >= 15 is 0 Å². The molecule has 156 valence electrons. The lowest BCUT2D eigenvalue weighted by molar-refractivity contribution is 0.342. The van der Waals surface area contributed by atoms with Crippen molar-refractivity contribution in [3.8, 4) is 23.1 Å². The normalized spacial score (nSPS) is 11.0. The van der Waals surface area contributed by atoms with Crippen LogP contribution in [-0.4, -0.2) is 32.2 Å². The fourth-order valence-corrected chi connectivity index (χ4v) is 2.79. The van der Waals surface area contributed by atoms with E-state index in [1.54, 1.807) is 27.5 Å². The summed E-state index contributed by atoms with van der Waals surface area (Å²) in [5.74, 6) is 2.82. The SMILES string of the molecule is CN=C(NCc1ccccc1)NCc1ccc(Oc2c(OC)cccc2OC)nc1. The summed E-state index contributed by atoms with van der Waals surface area (Å²) in [6.45, 7) is 1.28. The van der Waals surface area contributed by atoms with Crippen molar-refractivity contribution in [2.75, 3.05) is 21.3 Å². The number of methoxy groups -OCH3 is 2. The van der Waals surface area contributed by atoms with Crippen LogP contribution in [0.5, 0.6) is 23.1 Å². The number of nitrogens with one attached hydrogen (secondary N) is 2. The minimum atomic E-state index is 0.452. The van der Waals surface area contributed by atoms with Gasteiger partial charge in [-0.25, -0.2) is 4.98 Å². The van der Waals surface area contributed by atoms with Crippen LogP contribution in [0.15, 0.2) is 71.9 Å². The molecule has 0 spiro atoms. The standard InChI is InChI=1S/C23H26N4O3/c1-24-23(26-14-17-8-5-4-6-9-17)27-16-18-12-13-21(25-15-18)30-22-19(28-2)10-7-11-20(22)29-3/h4-13,15H,14,16H2,1-3H3,(H2,24,26,27). The molecule has 0 amide bonds. The number of nitrogens with zero attached hydrogens (tertiary/aromatic N) is 2. The molecule has 0 aliphatic heterocycles. The molecule has 0 unspecified atom stereocenters. The molecule has 2 aromatic carbocycles. The molecule has 2 N–H and O–H groups in total. The average Bonchev–Trinajstić information content (AvgIpc) is 2.81. The van der Waals surface area contributed by atoms with Crippen molar-refractivity contribution >= 4 is 5.96 Å². The highest BCUT2D eigenvalue weighted by Crippen LogP contribution is 2.39. The number of para-hydroxylation sites is 1. The Kier molecular flexibility index (Phi) is 7.49. The maximum Gasteiger partial charge on any atom is 0.219 e. The van der Waals surface area contributed by atoms with E-state index in [2.05, 4.69) is 32.7 Å². The molecule has 0 radical (unpaired) electrons. The fraction of sp³-hybridized carbons (Fsp3) is 0.217. The van der Waals surface area contributed by atoms with Crippen molar-refractivity contribution in [3.05, 3.63) is 78.0 Å². The first-order valence-corrected chi connectivity index (χ1v) is 9.55. The van der Waals surface area contributed by atoms with Gasteiger partial charge in [0, 0.05) is 32.4 Å². The van der Waals surface area contributed by atoms with Crippen molar-refractivity contribution in [2.24, 2.45) is 4.99 Å². The lowest BCUT2D eigenvalue weighted by Crippen LogP contribution is -2.36. The number of pyridine rings is 1. The number of hydrogen-bond donors (Lipinski definition) is 2. The summed E-state index contributed by atoms with van der Waals surface area (Å²) >= 11 is 0. The zero-order valence-corrected chi connectivity index (χ0v) is 17.4. The van der Waals surface area contributed by atoms with Crippen LogP contribution in [0.3, 0.4) is 0 Å². The zero-order chi connectivity index (χ0) is 21.2. The van der Waals surface area contributed by atoms with Gasteiger partial charge in [-0.2, -0.15) is 0 Å². The average molecular weight is 406 g/mol. The van der Waals surface area contributed by atoms with Gasteiger partial charge >= 0.3 is 0 Å². The van der Waals surface area contributed by atoms with Crippen LogP contribution in [0.2, 0.25) is 0 Å². The summed E-state index contributed by atoms with van der Waals surface area (Å²) in [5.41, 5.74) is 2.19. The molecular formula is C23H26N4O3. The second-order valence-corrected chi connectivity index (χ2v) is 6.36. The maximum absolute atomic E-state index is 5.89. The fourth-order valence-electron chi connectivity index (χ4n) is 2.79. The summed E-state index contributed by atoms with van der Waals surface area (Å²) in [4.78, 5) is 8.64. The first-order chi connectivity index (χ1) is 14.7. The van der Waals surface area contributed by atoms with Gasteiger partial charge in [0.05, 0.1) is 14.2 Å². The topological polar surface area (TPSA) is 77.0 Å². The lowest BCUT2D eigenvalue weighted by atomic mass is 10.2. The van der Waals surface area contributed by atoms with Crippen LogP contribution in [0.25, 0.3) is 0 Å². The zero-order valence-electron chi connectivity index (χ0n) is 17.4.